The summed E-state index contributed by atoms with van der Waals surface area (Å²) in [5, 5.41) is 0.313. The highest BCUT2D eigenvalue weighted by molar-refractivity contribution is 7.89. The lowest BCUT2D eigenvalue weighted by Gasteiger charge is -2.40. The molecule has 1 aromatic rings. The van der Waals surface area contributed by atoms with Crippen molar-refractivity contribution >= 4 is 27.5 Å². The van der Waals surface area contributed by atoms with Crippen LogP contribution >= 0.6 is 11.6 Å². The third-order valence-electron chi connectivity index (χ3n) is 6.53. The second-order valence-electron chi connectivity index (χ2n) is 8.37. The van der Waals surface area contributed by atoms with Gasteiger partial charge in [0.2, 0.25) is 10.0 Å². The van der Waals surface area contributed by atoms with Crippen LogP contribution in [-0.2, 0) is 10.0 Å². The van der Waals surface area contributed by atoms with Gasteiger partial charge in [0.25, 0.3) is 5.91 Å². The summed E-state index contributed by atoms with van der Waals surface area (Å²) < 4.78 is 27.2. The topological polar surface area (TPSA) is 60.9 Å². The smallest absolute Gasteiger partial charge is 0.255 e. The van der Waals surface area contributed by atoms with Crippen molar-refractivity contribution in [3.63, 3.8) is 0 Å². The largest absolute Gasteiger partial charge is 0.338 e. The molecule has 3 heterocycles. The first kappa shape index (κ1) is 21.1. The molecule has 3 fully saturated rings. The minimum Gasteiger partial charge on any atom is -0.338 e. The fourth-order valence-corrected chi connectivity index (χ4v) is 6.54. The molecule has 3 aliphatic heterocycles. The Morgan fingerprint density at radius 2 is 1.52 bits per heavy atom. The van der Waals surface area contributed by atoms with Gasteiger partial charge in [-0.05, 0) is 69.8 Å². The van der Waals surface area contributed by atoms with Crippen LogP contribution in [0.1, 0.15) is 55.3 Å². The van der Waals surface area contributed by atoms with Crippen molar-refractivity contribution in [1.82, 2.24) is 14.1 Å². The van der Waals surface area contributed by atoms with E-state index in [1.54, 1.807) is 0 Å². The van der Waals surface area contributed by atoms with Crippen LogP contribution in [0.25, 0.3) is 0 Å². The van der Waals surface area contributed by atoms with E-state index in [0.29, 0.717) is 42.8 Å². The standard InChI is InChI=1S/C21H30ClN3O3S/c22-20-7-6-18(29(27,28)25-12-4-5-13-25)16-19(20)21(26)24-14-8-17(9-15-24)23-10-2-1-3-11-23/h6-7,16-17H,1-5,8-15H2. The lowest BCUT2D eigenvalue weighted by atomic mass is 9.99. The summed E-state index contributed by atoms with van der Waals surface area (Å²) in [6, 6.07) is 5.07. The number of benzene rings is 1. The Hall–Kier alpha value is -1.15. The number of nitrogens with zero attached hydrogens (tertiary/aromatic N) is 3. The molecule has 0 saturated carbocycles. The van der Waals surface area contributed by atoms with E-state index in [1.165, 1.54) is 54.9 Å². The van der Waals surface area contributed by atoms with Crippen molar-refractivity contribution in [2.75, 3.05) is 39.3 Å². The van der Waals surface area contributed by atoms with Crippen LogP contribution in [0.3, 0.4) is 0 Å². The Kier molecular flexibility index (Phi) is 6.49. The second-order valence-corrected chi connectivity index (χ2v) is 10.7. The molecule has 4 rings (SSSR count). The van der Waals surface area contributed by atoms with Crippen molar-refractivity contribution in [3.05, 3.63) is 28.8 Å². The van der Waals surface area contributed by atoms with Crippen LogP contribution < -0.4 is 0 Å². The van der Waals surface area contributed by atoms with E-state index in [9.17, 15) is 13.2 Å². The third-order valence-corrected chi connectivity index (χ3v) is 8.75. The van der Waals surface area contributed by atoms with Gasteiger partial charge in [0, 0.05) is 32.2 Å². The van der Waals surface area contributed by atoms with E-state index in [4.69, 9.17) is 11.6 Å². The van der Waals surface area contributed by atoms with Gasteiger partial charge in [0.05, 0.1) is 15.5 Å². The number of hydrogen-bond donors (Lipinski definition) is 0. The molecule has 1 amide bonds. The maximum absolute atomic E-state index is 13.1. The summed E-state index contributed by atoms with van der Waals surface area (Å²) in [5.74, 6) is -0.162. The maximum atomic E-state index is 13.1. The van der Waals surface area contributed by atoms with Crippen LogP contribution in [-0.4, -0.2) is 73.7 Å². The van der Waals surface area contributed by atoms with Crippen molar-refractivity contribution in [2.24, 2.45) is 0 Å². The molecule has 0 unspecified atom stereocenters. The van der Waals surface area contributed by atoms with Gasteiger partial charge in [-0.3, -0.25) is 4.79 Å². The summed E-state index contributed by atoms with van der Waals surface area (Å²) in [4.78, 5) is 17.7. The first-order valence-corrected chi connectivity index (χ1v) is 12.6. The van der Waals surface area contributed by atoms with Crippen LogP contribution in [0.2, 0.25) is 5.02 Å². The van der Waals surface area contributed by atoms with Crippen molar-refractivity contribution in [3.8, 4) is 0 Å². The van der Waals surface area contributed by atoms with E-state index < -0.39 is 10.0 Å². The van der Waals surface area contributed by atoms with E-state index >= 15 is 0 Å². The Bertz CT molecular complexity index is 841. The number of carbonyl (C=O) groups is 1. The quantitative estimate of drug-likeness (QED) is 0.722. The zero-order valence-electron chi connectivity index (χ0n) is 16.9. The minimum absolute atomic E-state index is 0.162. The van der Waals surface area contributed by atoms with Crippen LogP contribution in [0.15, 0.2) is 23.1 Å². The summed E-state index contributed by atoms with van der Waals surface area (Å²) >= 11 is 6.31. The van der Waals surface area contributed by atoms with Crippen molar-refractivity contribution < 1.29 is 13.2 Å². The zero-order valence-corrected chi connectivity index (χ0v) is 18.4. The molecule has 0 aliphatic carbocycles. The molecule has 0 atom stereocenters. The molecule has 0 bridgehead atoms. The van der Waals surface area contributed by atoms with Crippen LogP contribution in [0.4, 0.5) is 0 Å². The number of sulfonamides is 1. The fourth-order valence-electron chi connectivity index (χ4n) is 4.79. The lowest BCUT2D eigenvalue weighted by molar-refractivity contribution is 0.0590. The first-order chi connectivity index (χ1) is 14.0. The van der Waals surface area contributed by atoms with Crippen LogP contribution in [0.5, 0.6) is 0 Å². The SMILES string of the molecule is O=C(c1cc(S(=O)(=O)N2CCCC2)ccc1Cl)N1CCC(N2CCCCC2)CC1. The van der Waals surface area contributed by atoms with Gasteiger partial charge < -0.3 is 9.80 Å². The molecule has 0 N–H and O–H groups in total. The number of hydrogen-bond acceptors (Lipinski definition) is 4. The third kappa shape index (κ3) is 4.48. The maximum Gasteiger partial charge on any atom is 0.255 e. The predicted molar refractivity (Wildman–Crippen MR) is 114 cm³/mol. The second kappa shape index (κ2) is 8.92. The number of rotatable bonds is 4. The summed E-state index contributed by atoms with van der Waals surface area (Å²) in [6.45, 7) is 4.80. The molecule has 3 aliphatic rings. The molecule has 0 spiro atoms. The first-order valence-electron chi connectivity index (χ1n) is 10.8. The van der Waals surface area contributed by atoms with Gasteiger partial charge in [-0.1, -0.05) is 18.0 Å². The predicted octanol–water partition coefficient (Wildman–Crippen LogP) is 3.22. The zero-order chi connectivity index (χ0) is 20.4. The number of likely N-dealkylation sites (tertiary alicyclic amines) is 2. The van der Waals surface area contributed by atoms with Crippen molar-refractivity contribution in [1.29, 1.82) is 0 Å². The average molecular weight is 440 g/mol. The lowest BCUT2D eigenvalue weighted by Crippen LogP contribution is -2.48. The van der Waals surface area contributed by atoms with Gasteiger partial charge in [-0.25, -0.2) is 8.42 Å². The van der Waals surface area contributed by atoms with E-state index in [2.05, 4.69) is 4.90 Å². The van der Waals surface area contributed by atoms with Gasteiger partial charge >= 0.3 is 0 Å². The molecular weight excluding hydrogens is 410 g/mol. The normalized spacial score (nSPS) is 22.9. The summed E-state index contributed by atoms with van der Waals surface area (Å²) in [5.41, 5.74) is 0.295. The number of amides is 1. The van der Waals surface area contributed by atoms with Gasteiger partial charge in [0.15, 0.2) is 0 Å². The highest BCUT2D eigenvalue weighted by Gasteiger charge is 2.31. The summed E-state index contributed by atoms with van der Waals surface area (Å²) in [6.07, 6.45) is 7.56. The Morgan fingerprint density at radius 3 is 2.17 bits per heavy atom. The molecule has 0 aromatic heterocycles. The monoisotopic (exact) mass is 439 g/mol. The molecule has 29 heavy (non-hydrogen) atoms. The molecule has 160 valence electrons. The van der Waals surface area contributed by atoms with Crippen molar-refractivity contribution in [2.45, 2.75) is 55.9 Å². The molecular formula is C21H30ClN3O3S. The Morgan fingerprint density at radius 1 is 0.897 bits per heavy atom. The molecule has 3 saturated heterocycles. The van der Waals surface area contributed by atoms with Gasteiger partial charge in [-0.2, -0.15) is 4.31 Å². The van der Waals surface area contributed by atoms with Crippen LogP contribution in [0, 0.1) is 0 Å². The van der Waals surface area contributed by atoms with Gasteiger partial charge in [-0.15, -0.1) is 0 Å². The highest BCUT2D eigenvalue weighted by atomic mass is 35.5. The molecule has 8 heteroatoms. The Balaban J connectivity index is 1.46. The Labute approximate surface area is 178 Å². The number of carbonyl (C=O) groups excluding carboxylic acids is 1. The van der Waals surface area contributed by atoms with Gasteiger partial charge in [0.1, 0.15) is 0 Å². The average Bonchev–Trinajstić information content (AvgIpc) is 3.30. The molecule has 6 nitrogen and oxygen atoms in total. The van der Waals surface area contributed by atoms with E-state index in [0.717, 1.165) is 25.7 Å². The summed E-state index contributed by atoms with van der Waals surface area (Å²) in [7, 11) is -3.57. The number of piperidine rings is 2. The molecule has 1 aromatic carbocycles. The molecule has 0 radical (unpaired) electrons. The highest BCUT2D eigenvalue weighted by Crippen LogP contribution is 2.28. The fraction of sp³-hybridized carbons (Fsp3) is 0.667. The minimum atomic E-state index is -3.57. The van der Waals surface area contributed by atoms with E-state index in [1.807, 2.05) is 4.90 Å². The van der Waals surface area contributed by atoms with E-state index in [-0.39, 0.29) is 10.8 Å². The number of halogens is 1.